The van der Waals surface area contributed by atoms with Crippen LogP contribution in [-0.4, -0.2) is 67.1 Å². The number of hydrogen-bond donors (Lipinski definition) is 3. The Morgan fingerprint density at radius 2 is 1.69 bits per heavy atom. The molecule has 6 rings (SSSR count). The maximum Gasteiger partial charge on any atom is 0.406 e. The van der Waals surface area contributed by atoms with Gasteiger partial charge in [0.05, 0.1) is 0 Å². The predicted molar refractivity (Wildman–Crippen MR) is 132 cm³/mol. The number of aromatic nitrogens is 2. The molecular weight excluding hydrogens is 521 g/mol. The summed E-state index contributed by atoms with van der Waals surface area (Å²) < 4.78 is 41.9. The fourth-order valence-corrected chi connectivity index (χ4v) is 7.29. The van der Waals surface area contributed by atoms with Crippen LogP contribution in [0.4, 0.5) is 18.0 Å². The van der Waals surface area contributed by atoms with Crippen LogP contribution >= 0.6 is 0 Å². The number of amides is 3. The van der Waals surface area contributed by atoms with Crippen LogP contribution in [0.1, 0.15) is 69.9 Å². The van der Waals surface area contributed by atoms with E-state index in [2.05, 4.69) is 0 Å². The van der Waals surface area contributed by atoms with E-state index in [0.29, 0.717) is 41.4 Å². The molecule has 39 heavy (non-hydrogen) atoms. The topological polar surface area (TPSA) is 155 Å². The number of nitrogen functional groups attached to an aromatic ring is 1. The van der Waals surface area contributed by atoms with Gasteiger partial charge in [0.25, 0.3) is 11.5 Å². The molecule has 2 bridgehead atoms. The molecule has 5 aliphatic rings. The van der Waals surface area contributed by atoms with Crippen molar-refractivity contribution in [2.45, 2.75) is 82.6 Å². The van der Waals surface area contributed by atoms with Crippen LogP contribution in [0.5, 0.6) is 5.88 Å². The third kappa shape index (κ3) is 4.31. The van der Waals surface area contributed by atoms with Gasteiger partial charge in [-0.25, -0.2) is 9.59 Å². The molecule has 0 unspecified atom stereocenters. The Balaban J connectivity index is 1.37. The molecule has 5 fully saturated rings. The van der Waals surface area contributed by atoms with Gasteiger partial charge in [-0.3, -0.25) is 29.0 Å². The summed E-state index contributed by atoms with van der Waals surface area (Å²) in [5.41, 5.74) is 1.94. The highest BCUT2D eigenvalue weighted by atomic mass is 19.4. The quantitative estimate of drug-likeness (QED) is 0.267. The fraction of sp³-hybridized carbons (Fsp3) is 0.720. The number of amidine groups is 1. The lowest BCUT2D eigenvalue weighted by Crippen LogP contribution is -2.56. The number of imide groups is 1. The predicted octanol–water partition coefficient (Wildman–Crippen LogP) is 2.14. The maximum absolute atomic E-state index is 13.5. The van der Waals surface area contributed by atoms with E-state index in [1.165, 1.54) is 6.92 Å². The van der Waals surface area contributed by atoms with Crippen molar-refractivity contribution in [1.29, 1.82) is 5.41 Å². The van der Waals surface area contributed by atoms with E-state index in [0.717, 1.165) is 35.4 Å². The lowest BCUT2D eigenvalue weighted by Gasteiger charge is -2.62. The molecule has 0 spiro atoms. The van der Waals surface area contributed by atoms with Crippen LogP contribution in [0.2, 0.25) is 0 Å². The minimum absolute atomic E-state index is 0.0157. The third-order valence-corrected chi connectivity index (χ3v) is 9.36. The summed E-state index contributed by atoms with van der Waals surface area (Å²) in [6, 6.07) is -1.56. The number of carbonyl (C=O) groups is 2. The molecule has 0 radical (unpaired) electrons. The van der Waals surface area contributed by atoms with Crippen molar-refractivity contribution in [2.75, 3.05) is 13.6 Å². The molecule has 2 heterocycles. The Morgan fingerprint density at radius 3 is 2.18 bits per heavy atom. The van der Waals surface area contributed by atoms with Gasteiger partial charge in [0, 0.05) is 19.6 Å². The summed E-state index contributed by atoms with van der Waals surface area (Å²) in [5.74, 6) is -1.53. The minimum atomic E-state index is -4.67. The lowest BCUT2D eigenvalue weighted by atomic mass is 9.44. The molecule has 1 aliphatic heterocycles. The zero-order chi connectivity index (χ0) is 28.7. The number of nitrogens with one attached hydrogen (secondary N) is 1. The SMILES string of the molecule is CN1C(=O)N(CC(F)(F)F)[C@@](C)(CC2CCC(n3c(=O)c(C(=N)N)c(O)n(CC45CC(C4)C5)c3=O)CC2)C1=O. The highest BCUT2D eigenvalue weighted by Gasteiger charge is 2.57. The first kappa shape index (κ1) is 27.3. The number of carbonyl (C=O) groups excluding carboxylic acids is 2. The Morgan fingerprint density at radius 1 is 1.10 bits per heavy atom. The van der Waals surface area contributed by atoms with Crippen molar-refractivity contribution < 1.29 is 27.9 Å². The minimum Gasteiger partial charge on any atom is -0.494 e. The average molecular weight is 555 g/mol. The molecule has 3 amide bonds. The molecule has 0 aromatic carbocycles. The van der Waals surface area contributed by atoms with Crippen molar-refractivity contribution in [3.8, 4) is 5.88 Å². The molecule has 1 aromatic rings. The molecule has 1 atom stereocenters. The summed E-state index contributed by atoms with van der Waals surface area (Å²) in [4.78, 5) is 53.3. The van der Waals surface area contributed by atoms with Crippen molar-refractivity contribution in [3.63, 3.8) is 0 Å². The Kier molecular flexibility index (Phi) is 6.18. The van der Waals surface area contributed by atoms with Crippen molar-refractivity contribution >= 4 is 17.8 Å². The first-order valence-electron chi connectivity index (χ1n) is 13.2. The van der Waals surface area contributed by atoms with E-state index >= 15 is 0 Å². The van der Waals surface area contributed by atoms with E-state index in [1.807, 2.05) is 0 Å². The number of halogens is 3. The second kappa shape index (κ2) is 8.85. The van der Waals surface area contributed by atoms with Gasteiger partial charge >= 0.3 is 17.9 Å². The van der Waals surface area contributed by atoms with Crippen LogP contribution in [0.3, 0.4) is 0 Å². The number of rotatable bonds is 7. The first-order chi connectivity index (χ1) is 18.1. The number of likely N-dealkylation sites (N-methyl/N-ethyl adjacent to an activating group) is 1. The average Bonchev–Trinajstić information content (AvgIpc) is 2.92. The van der Waals surface area contributed by atoms with Crippen LogP contribution in [0, 0.1) is 22.7 Å². The molecule has 214 valence electrons. The molecule has 1 aromatic heterocycles. The van der Waals surface area contributed by atoms with Gasteiger partial charge in [-0.1, -0.05) is 0 Å². The van der Waals surface area contributed by atoms with Crippen LogP contribution in [-0.2, 0) is 11.3 Å². The standard InChI is InChI=1S/C25H33F3N6O5/c1-23(20(37)31(2)21(38)33(23)12-25(26,27)28)7-13-3-5-15(6-4-13)34-19(36)16(17(29)30)18(35)32(22(34)39)11-24-8-14(9-24)10-24/h13-15,35H,3-12H2,1-2H3,(H3,29,30)/t13?,14?,15?,23-,24?/m0/s1. The van der Waals surface area contributed by atoms with Gasteiger partial charge in [-0.05, 0) is 75.5 Å². The van der Waals surface area contributed by atoms with Crippen LogP contribution in [0.15, 0.2) is 9.59 Å². The molecule has 4 saturated carbocycles. The Bertz CT molecular complexity index is 1340. The first-order valence-corrected chi connectivity index (χ1v) is 13.2. The molecule has 14 heteroatoms. The summed E-state index contributed by atoms with van der Waals surface area (Å²) >= 11 is 0. The van der Waals surface area contributed by atoms with Crippen molar-refractivity contribution in [3.05, 3.63) is 26.4 Å². The van der Waals surface area contributed by atoms with E-state index in [4.69, 9.17) is 11.1 Å². The monoisotopic (exact) mass is 554 g/mol. The molecule has 11 nitrogen and oxygen atoms in total. The van der Waals surface area contributed by atoms with Crippen LogP contribution in [0.25, 0.3) is 0 Å². The highest BCUT2D eigenvalue weighted by Crippen LogP contribution is 2.65. The maximum atomic E-state index is 13.5. The molecular formula is C25H33F3N6O5. The molecule has 4 aliphatic carbocycles. The van der Waals surface area contributed by atoms with Gasteiger partial charge in [-0.2, -0.15) is 13.2 Å². The number of hydrogen-bond acceptors (Lipinski definition) is 6. The van der Waals surface area contributed by atoms with Crippen molar-refractivity contribution in [1.82, 2.24) is 18.9 Å². The number of nitrogens with two attached hydrogens (primary N) is 1. The second-order valence-electron chi connectivity index (χ2n) is 12.1. The molecule has 4 N–H and O–H groups in total. The third-order valence-electron chi connectivity index (χ3n) is 9.36. The van der Waals surface area contributed by atoms with Gasteiger partial charge in [0.15, 0.2) is 0 Å². The van der Waals surface area contributed by atoms with E-state index < -0.39 is 64.8 Å². The van der Waals surface area contributed by atoms with Crippen molar-refractivity contribution in [2.24, 2.45) is 23.0 Å². The number of aromatic hydroxyl groups is 1. The normalized spacial score (nSPS) is 32.3. The summed E-state index contributed by atoms with van der Waals surface area (Å²) in [5, 5.41) is 18.6. The van der Waals surface area contributed by atoms with Gasteiger partial charge < -0.3 is 15.7 Å². The summed E-state index contributed by atoms with van der Waals surface area (Å²) in [6.07, 6.45) is -0.379. The lowest BCUT2D eigenvalue weighted by molar-refractivity contribution is -0.152. The highest BCUT2D eigenvalue weighted by molar-refractivity contribution is 6.06. The zero-order valence-corrected chi connectivity index (χ0v) is 21.9. The number of nitrogens with zero attached hydrogens (tertiary/aromatic N) is 4. The largest absolute Gasteiger partial charge is 0.494 e. The zero-order valence-electron chi connectivity index (χ0n) is 21.9. The number of urea groups is 1. The van der Waals surface area contributed by atoms with E-state index in [9.17, 15) is 37.5 Å². The fourth-order valence-electron chi connectivity index (χ4n) is 7.29. The van der Waals surface area contributed by atoms with Gasteiger partial charge in [0.1, 0.15) is 23.5 Å². The Hall–Kier alpha value is -3.32. The van der Waals surface area contributed by atoms with Gasteiger partial charge in [-0.15, -0.1) is 0 Å². The Labute approximate surface area is 221 Å². The summed E-state index contributed by atoms with van der Waals surface area (Å²) in [7, 11) is 1.16. The smallest absolute Gasteiger partial charge is 0.406 e. The van der Waals surface area contributed by atoms with E-state index in [-0.39, 0.29) is 24.3 Å². The number of alkyl halides is 3. The summed E-state index contributed by atoms with van der Waals surface area (Å²) in [6.45, 7) is 0.0507. The van der Waals surface area contributed by atoms with Crippen LogP contribution < -0.4 is 17.0 Å². The molecule has 1 saturated heterocycles. The second-order valence-corrected chi connectivity index (χ2v) is 12.1. The van der Waals surface area contributed by atoms with Gasteiger partial charge in [0.2, 0.25) is 5.88 Å². The van der Waals surface area contributed by atoms with E-state index in [1.54, 1.807) is 0 Å².